The molecule has 120 valence electrons. The third-order valence-electron chi connectivity index (χ3n) is 4.39. The van der Waals surface area contributed by atoms with E-state index < -0.39 is 0 Å². The molecule has 2 aromatic heterocycles. The smallest absolute Gasteiger partial charge is 0.291 e. The average molecular weight is 335 g/mol. The molecule has 4 rings (SSSR count). The van der Waals surface area contributed by atoms with Crippen molar-refractivity contribution >= 4 is 33.6 Å². The molecule has 4 aromatic rings. The van der Waals surface area contributed by atoms with E-state index in [9.17, 15) is 4.79 Å². The standard InChI is InChI=1S/C19H17N3OS/c1-21-17-10-14(24-2)8-9-15(17)16-11-20-22(19(23)18(16)21)12-13-6-4-3-5-7-13/h3-11H,12H2,1-2H3. The van der Waals surface area contributed by atoms with Gasteiger partial charge in [-0.15, -0.1) is 11.8 Å². The molecular formula is C19H17N3OS. The first-order valence-corrected chi connectivity index (χ1v) is 8.97. The van der Waals surface area contributed by atoms with E-state index in [1.807, 2.05) is 41.9 Å². The van der Waals surface area contributed by atoms with Crippen LogP contribution in [0.4, 0.5) is 0 Å². The number of aromatic nitrogens is 3. The van der Waals surface area contributed by atoms with Gasteiger partial charge in [0.05, 0.1) is 18.3 Å². The molecule has 0 radical (unpaired) electrons. The molecule has 0 N–H and O–H groups in total. The summed E-state index contributed by atoms with van der Waals surface area (Å²) < 4.78 is 3.52. The fourth-order valence-corrected chi connectivity index (χ4v) is 3.57. The van der Waals surface area contributed by atoms with Gasteiger partial charge in [0.1, 0.15) is 5.52 Å². The largest absolute Gasteiger partial charge is 0.339 e. The number of nitrogens with zero attached hydrogens (tertiary/aromatic N) is 3. The van der Waals surface area contributed by atoms with Gasteiger partial charge in [0, 0.05) is 22.7 Å². The second-order valence-electron chi connectivity index (χ2n) is 5.80. The molecular weight excluding hydrogens is 318 g/mol. The Kier molecular flexibility index (Phi) is 3.65. The number of hydrogen-bond donors (Lipinski definition) is 0. The van der Waals surface area contributed by atoms with Crippen LogP contribution in [0, 0.1) is 0 Å². The summed E-state index contributed by atoms with van der Waals surface area (Å²) in [5.74, 6) is 0. The minimum absolute atomic E-state index is 0.0549. The van der Waals surface area contributed by atoms with Gasteiger partial charge >= 0.3 is 0 Å². The lowest BCUT2D eigenvalue weighted by Gasteiger charge is -2.05. The Labute approximate surface area is 143 Å². The van der Waals surface area contributed by atoms with Crippen LogP contribution in [-0.4, -0.2) is 20.6 Å². The van der Waals surface area contributed by atoms with Crippen LogP contribution in [0.5, 0.6) is 0 Å². The zero-order chi connectivity index (χ0) is 16.7. The van der Waals surface area contributed by atoms with Gasteiger partial charge in [-0.3, -0.25) is 4.79 Å². The van der Waals surface area contributed by atoms with Gasteiger partial charge < -0.3 is 4.57 Å². The van der Waals surface area contributed by atoms with E-state index in [-0.39, 0.29) is 5.56 Å². The summed E-state index contributed by atoms with van der Waals surface area (Å²) in [6, 6.07) is 16.2. The van der Waals surface area contributed by atoms with Crippen LogP contribution in [0.15, 0.2) is 64.4 Å². The summed E-state index contributed by atoms with van der Waals surface area (Å²) in [6.45, 7) is 0.479. The van der Waals surface area contributed by atoms with E-state index >= 15 is 0 Å². The fourth-order valence-electron chi connectivity index (χ4n) is 3.13. The quantitative estimate of drug-likeness (QED) is 0.537. The molecule has 0 aliphatic carbocycles. The van der Waals surface area contributed by atoms with Crippen LogP contribution in [0.2, 0.25) is 0 Å². The predicted molar refractivity (Wildman–Crippen MR) is 99.8 cm³/mol. The first-order valence-electron chi connectivity index (χ1n) is 7.75. The summed E-state index contributed by atoms with van der Waals surface area (Å²) in [7, 11) is 1.95. The van der Waals surface area contributed by atoms with E-state index in [0.29, 0.717) is 12.1 Å². The molecule has 2 aromatic carbocycles. The van der Waals surface area contributed by atoms with Crippen molar-refractivity contribution in [3.8, 4) is 0 Å². The van der Waals surface area contributed by atoms with Crippen LogP contribution in [-0.2, 0) is 13.6 Å². The van der Waals surface area contributed by atoms with Crippen molar-refractivity contribution in [2.45, 2.75) is 11.4 Å². The third kappa shape index (κ3) is 2.32. The normalized spacial score (nSPS) is 11.4. The zero-order valence-corrected chi connectivity index (χ0v) is 14.4. The van der Waals surface area contributed by atoms with Crippen LogP contribution in [0.3, 0.4) is 0 Å². The Hall–Kier alpha value is -2.53. The average Bonchev–Trinajstić information content (AvgIpc) is 2.91. The Morgan fingerprint density at radius 1 is 1.08 bits per heavy atom. The number of rotatable bonds is 3. The van der Waals surface area contributed by atoms with Gasteiger partial charge in [-0.05, 0) is 24.0 Å². The Balaban J connectivity index is 1.94. The maximum absolute atomic E-state index is 13.0. The lowest BCUT2D eigenvalue weighted by atomic mass is 10.2. The summed E-state index contributed by atoms with van der Waals surface area (Å²) in [4.78, 5) is 14.1. The van der Waals surface area contributed by atoms with Crippen molar-refractivity contribution in [1.29, 1.82) is 0 Å². The maximum atomic E-state index is 13.0. The van der Waals surface area contributed by atoms with E-state index in [1.54, 1.807) is 18.0 Å². The topological polar surface area (TPSA) is 39.8 Å². The Morgan fingerprint density at radius 2 is 1.88 bits per heavy atom. The molecule has 0 unspecified atom stereocenters. The van der Waals surface area contributed by atoms with Crippen molar-refractivity contribution < 1.29 is 0 Å². The van der Waals surface area contributed by atoms with Gasteiger partial charge in [0.15, 0.2) is 0 Å². The molecule has 0 spiro atoms. The van der Waals surface area contributed by atoms with Crippen LogP contribution in [0.1, 0.15) is 5.56 Å². The molecule has 5 heteroatoms. The Morgan fingerprint density at radius 3 is 2.62 bits per heavy atom. The molecule has 2 heterocycles. The highest BCUT2D eigenvalue weighted by molar-refractivity contribution is 7.98. The predicted octanol–water partition coefficient (Wildman–Crippen LogP) is 3.66. The molecule has 0 bridgehead atoms. The van der Waals surface area contributed by atoms with E-state index in [1.165, 1.54) is 9.58 Å². The minimum atomic E-state index is -0.0549. The lowest BCUT2D eigenvalue weighted by Crippen LogP contribution is -2.24. The highest BCUT2D eigenvalue weighted by Crippen LogP contribution is 2.28. The number of thioether (sulfide) groups is 1. The van der Waals surface area contributed by atoms with E-state index in [2.05, 4.69) is 29.6 Å². The molecule has 0 fully saturated rings. The molecule has 0 aliphatic rings. The van der Waals surface area contributed by atoms with Crippen LogP contribution in [0.25, 0.3) is 21.8 Å². The van der Waals surface area contributed by atoms with Crippen molar-refractivity contribution in [2.24, 2.45) is 7.05 Å². The minimum Gasteiger partial charge on any atom is -0.339 e. The number of benzene rings is 2. The molecule has 0 saturated heterocycles. The van der Waals surface area contributed by atoms with Crippen LogP contribution >= 0.6 is 11.8 Å². The van der Waals surface area contributed by atoms with Gasteiger partial charge in [-0.25, -0.2) is 4.68 Å². The van der Waals surface area contributed by atoms with Crippen molar-refractivity contribution in [3.05, 3.63) is 70.6 Å². The summed E-state index contributed by atoms with van der Waals surface area (Å²) in [5, 5.41) is 6.38. The maximum Gasteiger partial charge on any atom is 0.291 e. The molecule has 4 nitrogen and oxygen atoms in total. The zero-order valence-electron chi connectivity index (χ0n) is 13.6. The second kappa shape index (κ2) is 5.83. The van der Waals surface area contributed by atoms with Gasteiger partial charge in [0.25, 0.3) is 5.56 Å². The van der Waals surface area contributed by atoms with Gasteiger partial charge in [-0.1, -0.05) is 36.4 Å². The highest BCUT2D eigenvalue weighted by atomic mass is 32.2. The Bertz CT molecular complexity index is 1100. The first-order chi connectivity index (χ1) is 11.7. The molecule has 0 aliphatic heterocycles. The number of hydrogen-bond acceptors (Lipinski definition) is 3. The lowest BCUT2D eigenvalue weighted by molar-refractivity contribution is 0.644. The monoisotopic (exact) mass is 335 g/mol. The molecule has 0 atom stereocenters. The summed E-state index contributed by atoms with van der Waals surface area (Å²) in [5.41, 5.74) is 2.78. The number of aryl methyl sites for hydroxylation is 1. The fraction of sp³-hybridized carbons (Fsp3) is 0.158. The van der Waals surface area contributed by atoms with Gasteiger partial charge in [0.2, 0.25) is 0 Å². The van der Waals surface area contributed by atoms with Crippen molar-refractivity contribution in [2.75, 3.05) is 6.26 Å². The van der Waals surface area contributed by atoms with Gasteiger partial charge in [-0.2, -0.15) is 5.10 Å². The summed E-state index contributed by atoms with van der Waals surface area (Å²) in [6.07, 6.45) is 3.86. The molecule has 24 heavy (non-hydrogen) atoms. The third-order valence-corrected chi connectivity index (χ3v) is 5.11. The molecule has 0 amide bonds. The van der Waals surface area contributed by atoms with Crippen molar-refractivity contribution in [3.63, 3.8) is 0 Å². The van der Waals surface area contributed by atoms with E-state index in [0.717, 1.165) is 21.9 Å². The van der Waals surface area contributed by atoms with E-state index in [4.69, 9.17) is 0 Å². The first kappa shape index (κ1) is 15.0. The number of fused-ring (bicyclic) bond motifs is 3. The second-order valence-corrected chi connectivity index (χ2v) is 6.68. The molecule has 0 saturated carbocycles. The van der Waals surface area contributed by atoms with Crippen LogP contribution < -0.4 is 5.56 Å². The summed E-state index contributed by atoms with van der Waals surface area (Å²) >= 11 is 1.70. The van der Waals surface area contributed by atoms with Crippen molar-refractivity contribution in [1.82, 2.24) is 14.3 Å². The SMILES string of the molecule is CSc1ccc2c3cnn(Cc4ccccc4)c(=O)c3n(C)c2c1. The highest BCUT2D eigenvalue weighted by Gasteiger charge is 2.14.